The minimum absolute atomic E-state index is 0.0656. The molecule has 2 fully saturated rings. The first-order valence-electron chi connectivity index (χ1n) is 11.1. The number of aliphatic carboxylic acids is 4. The van der Waals surface area contributed by atoms with Gasteiger partial charge in [-0.15, -0.1) is 0 Å². The summed E-state index contributed by atoms with van der Waals surface area (Å²) in [7, 11) is 0. The fraction of sp³-hybridized carbons (Fsp3) is 0.762. The van der Waals surface area contributed by atoms with Gasteiger partial charge in [0, 0.05) is 13.1 Å². The summed E-state index contributed by atoms with van der Waals surface area (Å²) >= 11 is 0. The van der Waals surface area contributed by atoms with E-state index in [1.807, 2.05) is 0 Å². The van der Waals surface area contributed by atoms with Crippen LogP contribution in [0.5, 0.6) is 0 Å². The zero-order chi connectivity index (χ0) is 24.5. The van der Waals surface area contributed by atoms with Gasteiger partial charge in [-0.25, -0.2) is 5.48 Å². The van der Waals surface area contributed by atoms with Crippen molar-refractivity contribution >= 4 is 29.8 Å². The van der Waals surface area contributed by atoms with Crippen molar-refractivity contribution in [2.24, 2.45) is 35.5 Å². The number of hydroxylamine groups is 1. The lowest BCUT2D eigenvalue weighted by Gasteiger charge is -2.31. The van der Waals surface area contributed by atoms with Crippen molar-refractivity contribution in [2.45, 2.75) is 44.9 Å². The van der Waals surface area contributed by atoms with Gasteiger partial charge in [-0.2, -0.15) is 0 Å². The second-order valence-electron chi connectivity index (χ2n) is 8.80. The Morgan fingerprint density at radius 3 is 1.85 bits per heavy atom. The van der Waals surface area contributed by atoms with E-state index in [-0.39, 0.29) is 44.8 Å². The van der Waals surface area contributed by atoms with Gasteiger partial charge >= 0.3 is 23.9 Å². The quantitative estimate of drug-likeness (QED) is 0.170. The van der Waals surface area contributed by atoms with Gasteiger partial charge in [0.2, 0.25) is 5.91 Å². The first-order valence-corrected chi connectivity index (χ1v) is 11.1. The van der Waals surface area contributed by atoms with Gasteiger partial charge in [0.1, 0.15) is 0 Å². The number of carboxylic acids is 4. The van der Waals surface area contributed by atoms with Gasteiger partial charge in [0.25, 0.3) is 0 Å². The predicted molar refractivity (Wildman–Crippen MR) is 111 cm³/mol. The van der Waals surface area contributed by atoms with E-state index < -0.39 is 59.4 Å². The fourth-order valence-electron chi connectivity index (χ4n) is 4.68. The summed E-state index contributed by atoms with van der Waals surface area (Å²) in [5.74, 6) is -8.92. The maximum absolute atomic E-state index is 12.4. The van der Waals surface area contributed by atoms with E-state index in [4.69, 9.17) is 15.1 Å². The first kappa shape index (κ1) is 26.5. The van der Waals surface area contributed by atoms with Crippen LogP contribution in [0, 0.1) is 35.5 Å². The third-order valence-corrected chi connectivity index (χ3v) is 6.67. The van der Waals surface area contributed by atoms with Crippen molar-refractivity contribution in [3.63, 3.8) is 0 Å². The Labute approximate surface area is 190 Å². The number of nitrogens with one attached hydrogen (secondary N) is 2. The van der Waals surface area contributed by atoms with Crippen LogP contribution in [0.3, 0.4) is 0 Å². The van der Waals surface area contributed by atoms with E-state index in [1.165, 1.54) is 0 Å². The zero-order valence-electron chi connectivity index (χ0n) is 18.3. The minimum atomic E-state index is -1.17. The summed E-state index contributed by atoms with van der Waals surface area (Å²) in [6.07, 6.45) is 1.81. The standard InChI is InChI=1S/C21H32N2O10/c24-17(14-5-4-12(19(27)28)9-16(14)21(31)32)22-6-1-7-23-33-10-13-3-2-11(18(25)26)8-15(13)20(29)30/h11-16,23H,1-10H2,(H,22,24)(H,25,26)(H,27,28)(H,29,30)(H,31,32). The average molecular weight is 472 g/mol. The molecule has 6 N–H and O–H groups in total. The third kappa shape index (κ3) is 7.67. The molecule has 2 aliphatic carbocycles. The van der Waals surface area contributed by atoms with E-state index in [2.05, 4.69) is 10.8 Å². The van der Waals surface area contributed by atoms with Crippen LogP contribution in [0.4, 0.5) is 0 Å². The summed E-state index contributed by atoms with van der Waals surface area (Å²) in [4.78, 5) is 62.9. The molecule has 2 rings (SSSR count). The predicted octanol–water partition coefficient (Wildman–Crippen LogP) is 0.417. The monoisotopic (exact) mass is 472 g/mol. The molecule has 186 valence electrons. The molecule has 0 saturated heterocycles. The molecular formula is C21H32N2O10. The number of carboxylic acid groups (broad SMARTS) is 4. The van der Waals surface area contributed by atoms with Crippen molar-refractivity contribution in [1.29, 1.82) is 0 Å². The van der Waals surface area contributed by atoms with Crippen LogP contribution in [-0.4, -0.2) is 69.9 Å². The van der Waals surface area contributed by atoms with Crippen LogP contribution in [0.1, 0.15) is 44.9 Å². The Morgan fingerprint density at radius 2 is 1.27 bits per heavy atom. The van der Waals surface area contributed by atoms with E-state index >= 15 is 0 Å². The second kappa shape index (κ2) is 12.5. The number of hydrogen-bond acceptors (Lipinski definition) is 7. The number of rotatable bonds is 12. The van der Waals surface area contributed by atoms with Gasteiger partial charge in [0.15, 0.2) is 0 Å². The Kier molecular flexibility index (Phi) is 10.0. The highest BCUT2D eigenvalue weighted by Gasteiger charge is 2.41. The molecule has 0 bridgehead atoms. The normalized spacial score (nSPS) is 29.7. The maximum Gasteiger partial charge on any atom is 0.307 e. The van der Waals surface area contributed by atoms with Crippen LogP contribution in [0.15, 0.2) is 0 Å². The number of amides is 1. The molecule has 0 aromatic heterocycles. The molecule has 0 heterocycles. The van der Waals surface area contributed by atoms with Gasteiger partial charge in [-0.3, -0.25) is 24.0 Å². The SMILES string of the molecule is O=C(O)C1CCC(CONCCCNC(=O)C2CCC(C(=O)O)CC2C(=O)O)C(C(=O)O)C1. The molecule has 0 aromatic carbocycles. The van der Waals surface area contributed by atoms with E-state index in [9.17, 15) is 34.2 Å². The summed E-state index contributed by atoms with van der Waals surface area (Å²) in [6.45, 7) is 0.751. The molecule has 1 amide bonds. The van der Waals surface area contributed by atoms with E-state index in [1.54, 1.807) is 0 Å². The highest BCUT2D eigenvalue weighted by atomic mass is 16.6. The van der Waals surface area contributed by atoms with Crippen LogP contribution < -0.4 is 10.8 Å². The molecule has 0 radical (unpaired) electrons. The summed E-state index contributed by atoms with van der Waals surface area (Å²) in [6, 6.07) is 0. The molecule has 2 saturated carbocycles. The molecular weight excluding hydrogens is 440 g/mol. The smallest absolute Gasteiger partial charge is 0.307 e. The second-order valence-corrected chi connectivity index (χ2v) is 8.80. The largest absolute Gasteiger partial charge is 0.481 e. The van der Waals surface area contributed by atoms with Gasteiger partial charge in [-0.05, 0) is 50.9 Å². The Balaban J connectivity index is 1.65. The van der Waals surface area contributed by atoms with Crippen molar-refractivity contribution in [1.82, 2.24) is 10.8 Å². The lowest BCUT2D eigenvalue weighted by Crippen LogP contribution is -2.43. The van der Waals surface area contributed by atoms with Crippen LogP contribution >= 0.6 is 0 Å². The van der Waals surface area contributed by atoms with Crippen molar-refractivity contribution in [2.75, 3.05) is 19.7 Å². The van der Waals surface area contributed by atoms with Crippen LogP contribution in [0.25, 0.3) is 0 Å². The summed E-state index contributed by atoms with van der Waals surface area (Å²) in [5, 5.41) is 39.6. The number of carbonyl (C=O) groups is 5. The highest BCUT2D eigenvalue weighted by Crippen LogP contribution is 2.35. The van der Waals surface area contributed by atoms with Gasteiger partial charge < -0.3 is 30.6 Å². The Morgan fingerprint density at radius 1 is 0.697 bits per heavy atom. The van der Waals surface area contributed by atoms with Crippen LogP contribution in [-0.2, 0) is 28.8 Å². The average Bonchev–Trinajstić information content (AvgIpc) is 2.77. The number of hydrogen-bond donors (Lipinski definition) is 6. The molecule has 12 nitrogen and oxygen atoms in total. The lowest BCUT2D eigenvalue weighted by molar-refractivity contribution is -0.154. The zero-order valence-corrected chi connectivity index (χ0v) is 18.3. The Bertz CT molecular complexity index is 743. The van der Waals surface area contributed by atoms with Crippen molar-refractivity contribution < 1.29 is 49.2 Å². The molecule has 33 heavy (non-hydrogen) atoms. The summed E-state index contributed by atoms with van der Waals surface area (Å²) < 4.78 is 0. The maximum atomic E-state index is 12.4. The fourth-order valence-corrected chi connectivity index (χ4v) is 4.68. The molecule has 6 atom stereocenters. The topological polar surface area (TPSA) is 200 Å². The van der Waals surface area contributed by atoms with Crippen molar-refractivity contribution in [3.8, 4) is 0 Å². The molecule has 12 heteroatoms. The minimum Gasteiger partial charge on any atom is -0.481 e. The van der Waals surface area contributed by atoms with Crippen molar-refractivity contribution in [3.05, 3.63) is 0 Å². The Hall–Kier alpha value is -2.73. The first-order chi connectivity index (χ1) is 15.6. The molecule has 0 spiro atoms. The summed E-state index contributed by atoms with van der Waals surface area (Å²) in [5.41, 5.74) is 2.70. The molecule has 0 aliphatic heterocycles. The molecule has 6 unspecified atom stereocenters. The molecule has 0 aromatic rings. The van der Waals surface area contributed by atoms with Gasteiger partial charge in [-0.1, -0.05) is 0 Å². The van der Waals surface area contributed by atoms with Crippen LogP contribution in [0.2, 0.25) is 0 Å². The number of carbonyl (C=O) groups excluding carboxylic acids is 1. The third-order valence-electron chi connectivity index (χ3n) is 6.67. The lowest BCUT2D eigenvalue weighted by atomic mass is 9.73. The highest BCUT2D eigenvalue weighted by molar-refractivity contribution is 5.85. The van der Waals surface area contributed by atoms with E-state index in [0.29, 0.717) is 25.8 Å². The molecule has 2 aliphatic rings. The van der Waals surface area contributed by atoms with Gasteiger partial charge in [0.05, 0.1) is 36.2 Å². The van der Waals surface area contributed by atoms with E-state index in [0.717, 1.165) is 0 Å².